The van der Waals surface area contributed by atoms with Crippen LogP contribution in [0.4, 0.5) is 5.13 Å². The molecule has 1 N–H and O–H groups in total. The number of carbonyl (C=O) groups excluding carboxylic acids is 1. The number of nitrogens with one attached hydrogen (secondary N) is 1. The van der Waals surface area contributed by atoms with E-state index in [1.54, 1.807) is 37.4 Å². The number of hydrogen-bond acceptors (Lipinski definition) is 6. The van der Waals surface area contributed by atoms with Gasteiger partial charge in [-0.15, -0.1) is 11.3 Å². The molecule has 0 aliphatic carbocycles. The standard InChI is InChI=1S/C19H17ClN2O4S/c1-24-13-6-12(7-14(9-13)25-2)18(23)22-19-21-16(10-27-19)11-4-5-17(26-3)15(20)8-11/h4-10H,1-3H3,(H,21,22,23). The van der Waals surface area contributed by atoms with Crippen LogP contribution in [-0.4, -0.2) is 32.2 Å². The number of rotatable bonds is 6. The topological polar surface area (TPSA) is 69.7 Å². The summed E-state index contributed by atoms with van der Waals surface area (Å²) >= 11 is 7.49. The summed E-state index contributed by atoms with van der Waals surface area (Å²) < 4.78 is 15.5. The first-order chi connectivity index (χ1) is 13.0. The molecule has 0 bridgehead atoms. The van der Waals surface area contributed by atoms with Gasteiger partial charge in [0.25, 0.3) is 5.91 Å². The monoisotopic (exact) mass is 404 g/mol. The Labute approximate surface area is 165 Å². The van der Waals surface area contributed by atoms with E-state index in [0.29, 0.717) is 38.7 Å². The number of methoxy groups -OCH3 is 3. The SMILES string of the molecule is COc1cc(OC)cc(C(=O)Nc2nc(-c3ccc(OC)c(Cl)c3)cs2)c1. The van der Waals surface area contributed by atoms with E-state index in [0.717, 1.165) is 5.56 Å². The lowest BCUT2D eigenvalue weighted by molar-refractivity contribution is 0.102. The van der Waals surface area contributed by atoms with Gasteiger partial charge in [0.15, 0.2) is 5.13 Å². The van der Waals surface area contributed by atoms with E-state index in [-0.39, 0.29) is 5.91 Å². The van der Waals surface area contributed by atoms with Gasteiger partial charge >= 0.3 is 0 Å². The molecule has 140 valence electrons. The number of hydrogen-bond donors (Lipinski definition) is 1. The quantitative estimate of drug-likeness (QED) is 0.642. The third-order valence-corrected chi connectivity index (χ3v) is 4.84. The number of anilines is 1. The fourth-order valence-corrected chi connectivity index (χ4v) is 3.37. The zero-order valence-electron chi connectivity index (χ0n) is 14.9. The Morgan fingerprint density at radius 1 is 1.04 bits per heavy atom. The first-order valence-electron chi connectivity index (χ1n) is 7.88. The molecule has 1 amide bonds. The van der Waals surface area contributed by atoms with Crippen LogP contribution in [0, 0.1) is 0 Å². The third kappa shape index (κ3) is 4.32. The van der Waals surface area contributed by atoms with Gasteiger partial charge < -0.3 is 14.2 Å². The summed E-state index contributed by atoms with van der Waals surface area (Å²) in [7, 11) is 4.62. The summed E-state index contributed by atoms with van der Waals surface area (Å²) in [6, 6.07) is 10.4. The molecule has 0 spiro atoms. The van der Waals surface area contributed by atoms with Crippen LogP contribution in [0.25, 0.3) is 11.3 Å². The van der Waals surface area contributed by atoms with Gasteiger partial charge in [-0.05, 0) is 30.3 Å². The molecule has 0 unspecified atom stereocenters. The first kappa shape index (κ1) is 19.0. The van der Waals surface area contributed by atoms with Crippen LogP contribution in [-0.2, 0) is 0 Å². The molecule has 0 saturated carbocycles. The van der Waals surface area contributed by atoms with Crippen molar-refractivity contribution in [2.24, 2.45) is 0 Å². The number of ether oxygens (including phenoxy) is 3. The zero-order chi connectivity index (χ0) is 19.4. The lowest BCUT2D eigenvalue weighted by Crippen LogP contribution is -2.12. The highest BCUT2D eigenvalue weighted by Gasteiger charge is 2.13. The van der Waals surface area contributed by atoms with Crippen LogP contribution in [0.2, 0.25) is 5.02 Å². The minimum absolute atomic E-state index is 0.305. The van der Waals surface area contributed by atoms with Crippen molar-refractivity contribution < 1.29 is 19.0 Å². The molecule has 0 aliphatic rings. The van der Waals surface area contributed by atoms with Gasteiger partial charge in [-0.25, -0.2) is 4.98 Å². The van der Waals surface area contributed by atoms with Crippen molar-refractivity contribution in [3.8, 4) is 28.5 Å². The number of thiazole rings is 1. The largest absolute Gasteiger partial charge is 0.497 e. The summed E-state index contributed by atoms with van der Waals surface area (Å²) in [5, 5.41) is 5.61. The number of nitrogens with zero attached hydrogens (tertiary/aromatic N) is 1. The number of halogens is 1. The molecule has 0 saturated heterocycles. The first-order valence-corrected chi connectivity index (χ1v) is 9.13. The van der Waals surface area contributed by atoms with Crippen molar-refractivity contribution in [3.05, 3.63) is 52.4 Å². The Kier molecular flexibility index (Phi) is 5.83. The number of benzene rings is 2. The molecule has 3 aromatic rings. The molecule has 1 heterocycles. The predicted molar refractivity (Wildman–Crippen MR) is 107 cm³/mol. The van der Waals surface area contributed by atoms with Crippen molar-refractivity contribution in [1.82, 2.24) is 4.98 Å². The maximum atomic E-state index is 12.5. The van der Waals surface area contributed by atoms with Crippen LogP contribution in [0.1, 0.15) is 10.4 Å². The van der Waals surface area contributed by atoms with Crippen molar-refractivity contribution in [1.29, 1.82) is 0 Å². The van der Waals surface area contributed by atoms with E-state index in [1.807, 2.05) is 11.4 Å². The summed E-state index contributed by atoms with van der Waals surface area (Å²) in [5.41, 5.74) is 1.96. The molecular weight excluding hydrogens is 388 g/mol. The van der Waals surface area contributed by atoms with E-state index in [2.05, 4.69) is 10.3 Å². The van der Waals surface area contributed by atoms with Gasteiger partial charge in [-0.1, -0.05) is 11.6 Å². The molecule has 8 heteroatoms. The Hall–Kier alpha value is -2.77. The van der Waals surface area contributed by atoms with Gasteiger partial charge in [0, 0.05) is 22.6 Å². The van der Waals surface area contributed by atoms with Gasteiger partial charge in [-0.3, -0.25) is 10.1 Å². The van der Waals surface area contributed by atoms with E-state index in [1.165, 1.54) is 25.6 Å². The van der Waals surface area contributed by atoms with Gasteiger partial charge in [-0.2, -0.15) is 0 Å². The second-order valence-corrected chi connectivity index (χ2v) is 6.71. The second kappa shape index (κ2) is 8.28. The average Bonchev–Trinajstić information content (AvgIpc) is 3.15. The van der Waals surface area contributed by atoms with Gasteiger partial charge in [0.2, 0.25) is 0 Å². The van der Waals surface area contributed by atoms with Crippen molar-refractivity contribution in [3.63, 3.8) is 0 Å². The summed E-state index contributed by atoms with van der Waals surface area (Å²) in [5.74, 6) is 1.36. The van der Waals surface area contributed by atoms with Gasteiger partial charge in [0.1, 0.15) is 17.2 Å². The van der Waals surface area contributed by atoms with E-state index >= 15 is 0 Å². The smallest absolute Gasteiger partial charge is 0.257 e. The molecule has 6 nitrogen and oxygen atoms in total. The Morgan fingerprint density at radius 3 is 2.33 bits per heavy atom. The second-order valence-electron chi connectivity index (χ2n) is 5.44. The molecule has 2 aromatic carbocycles. The normalized spacial score (nSPS) is 10.4. The minimum Gasteiger partial charge on any atom is -0.497 e. The minimum atomic E-state index is -0.305. The molecule has 1 aromatic heterocycles. The van der Waals surface area contributed by atoms with Crippen LogP contribution < -0.4 is 19.5 Å². The molecular formula is C19H17ClN2O4S. The van der Waals surface area contributed by atoms with Gasteiger partial charge in [0.05, 0.1) is 32.0 Å². The van der Waals surface area contributed by atoms with Crippen LogP contribution >= 0.6 is 22.9 Å². The lowest BCUT2D eigenvalue weighted by atomic mass is 10.2. The Morgan fingerprint density at radius 2 is 1.74 bits per heavy atom. The molecule has 0 atom stereocenters. The highest BCUT2D eigenvalue weighted by atomic mass is 35.5. The average molecular weight is 405 g/mol. The lowest BCUT2D eigenvalue weighted by Gasteiger charge is -2.08. The fraction of sp³-hybridized carbons (Fsp3) is 0.158. The molecule has 0 aliphatic heterocycles. The van der Waals surface area contributed by atoms with Crippen molar-refractivity contribution >= 4 is 34.0 Å². The van der Waals surface area contributed by atoms with Crippen molar-refractivity contribution in [2.75, 3.05) is 26.6 Å². The maximum Gasteiger partial charge on any atom is 0.257 e. The predicted octanol–water partition coefficient (Wildman–Crippen LogP) is 4.74. The van der Waals surface area contributed by atoms with E-state index in [9.17, 15) is 4.79 Å². The highest BCUT2D eigenvalue weighted by Crippen LogP contribution is 2.32. The summed E-state index contributed by atoms with van der Waals surface area (Å²) in [4.78, 5) is 17.0. The fourth-order valence-electron chi connectivity index (χ4n) is 2.40. The van der Waals surface area contributed by atoms with E-state index < -0.39 is 0 Å². The Bertz CT molecular complexity index is 952. The molecule has 0 radical (unpaired) electrons. The van der Waals surface area contributed by atoms with Crippen molar-refractivity contribution in [2.45, 2.75) is 0 Å². The molecule has 0 fully saturated rings. The number of aromatic nitrogens is 1. The number of carbonyl (C=O) groups is 1. The third-order valence-electron chi connectivity index (χ3n) is 3.79. The van der Waals surface area contributed by atoms with Crippen LogP contribution in [0.3, 0.4) is 0 Å². The zero-order valence-corrected chi connectivity index (χ0v) is 16.5. The van der Waals surface area contributed by atoms with E-state index in [4.69, 9.17) is 25.8 Å². The van der Waals surface area contributed by atoms with Crippen LogP contribution in [0.15, 0.2) is 41.8 Å². The van der Waals surface area contributed by atoms with Crippen LogP contribution in [0.5, 0.6) is 17.2 Å². The Balaban J connectivity index is 1.79. The summed E-state index contributed by atoms with van der Waals surface area (Å²) in [6.45, 7) is 0. The number of amides is 1. The highest BCUT2D eigenvalue weighted by molar-refractivity contribution is 7.14. The molecule has 3 rings (SSSR count). The molecule has 27 heavy (non-hydrogen) atoms. The summed E-state index contributed by atoms with van der Waals surface area (Å²) in [6.07, 6.45) is 0. The maximum absolute atomic E-state index is 12.5.